The lowest BCUT2D eigenvalue weighted by Crippen LogP contribution is -2.26. The molecule has 0 aliphatic carbocycles. The molecule has 130 valence electrons. The summed E-state index contributed by atoms with van der Waals surface area (Å²) in [5.41, 5.74) is 3.72. The highest BCUT2D eigenvalue weighted by molar-refractivity contribution is 5.85. The van der Waals surface area contributed by atoms with Crippen molar-refractivity contribution in [3.8, 4) is 5.75 Å². The summed E-state index contributed by atoms with van der Waals surface area (Å²) >= 11 is 0. The molecular weight excluding hydrogens is 334 g/mol. The zero-order valence-electron chi connectivity index (χ0n) is 14.0. The van der Waals surface area contributed by atoms with Crippen LogP contribution in [0.1, 0.15) is 29.2 Å². The van der Waals surface area contributed by atoms with Gasteiger partial charge in [-0.25, -0.2) is 0 Å². The number of ether oxygens (including phenoxy) is 1. The summed E-state index contributed by atoms with van der Waals surface area (Å²) < 4.78 is 7.71. The van der Waals surface area contributed by atoms with Gasteiger partial charge in [0.2, 0.25) is 0 Å². The second-order valence-corrected chi connectivity index (χ2v) is 6.14. The summed E-state index contributed by atoms with van der Waals surface area (Å²) in [5.74, 6) is 1.00. The number of halogens is 1. The topological polar surface area (TPSA) is 39.1 Å². The van der Waals surface area contributed by atoms with Gasteiger partial charge in [-0.2, -0.15) is 5.10 Å². The Labute approximate surface area is 154 Å². The van der Waals surface area contributed by atoms with Crippen molar-refractivity contribution in [2.45, 2.75) is 25.6 Å². The molecule has 0 radical (unpaired) electrons. The van der Waals surface area contributed by atoms with Crippen LogP contribution in [0.2, 0.25) is 0 Å². The van der Waals surface area contributed by atoms with Crippen LogP contribution in [-0.2, 0) is 13.1 Å². The Bertz CT molecular complexity index is 803. The summed E-state index contributed by atoms with van der Waals surface area (Å²) in [5, 5.41) is 8.11. The van der Waals surface area contributed by atoms with E-state index in [1.54, 1.807) is 0 Å². The van der Waals surface area contributed by atoms with E-state index in [1.807, 2.05) is 29.1 Å². The molecule has 0 bridgehead atoms. The smallest absolute Gasteiger partial charge is 0.124 e. The molecule has 0 saturated heterocycles. The van der Waals surface area contributed by atoms with Crippen LogP contribution in [0.25, 0.3) is 0 Å². The van der Waals surface area contributed by atoms with E-state index < -0.39 is 0 Å². The minimum absolute atomic E-state index is 0. The van der Waals surface area contributed by atoms with Crippen molar-refractivity contribution in [2.75, 3.05) is 6.61 Å². The number of fused-ring (bicyclic) bond motifs is 1. The summed E-state index contributed by atoms with van der Waals surface area (Å²) in [6, 6.07) is 19.0. The van der Waals surface area contributed by atoms with Crippen LogP contribution in [0.5, 0.6) is 5.75 Å². The standard InChI is InChI=1S/C20H21N3O.ClH/c1-2-6-16(7-3-1)14-23-15-17(13-22-23)12-21-19-10-11-24-20-9-5-4-8-18(19)20;/h1-9,13,15,19,21H,10-12,14H2;1H. The first-order chi connectivity index (χ1) is 11.9. The molecule has 1 aliphatic heterocycles. The van der Waals surface area contributed by atoms with E-state index in [4.69, 9.17) is 4.74 Å². The van der Waals surface area contributed by atoms with Gasteiger partial charge in [0.15, 0.2) is 0 Å². The molecule has 1 aliphatic rings. The third kappa shape index (κ3) is 4.21. The molecule has 4 nitrogen and oxygen atoms in total. The largest absolute Gasteiger partial charge is 0.493 e. The van der Waals surface area contributed by atoms with Crippen LogP contribution in [0.15, 0.2) is 67.0 Å². The predicted octanol–water partition coefficient (Wildman–Crippen LogP) is 3.97. The SMILES string of the molecule is Cl.c1ccc(Cn2cc(CNC3CCOc4ccccc43)cn2)cc1. The number of rotatable bonds is 5. The predicted molar refractivity (Wildman–Crippen MR) is 101 cm³/mol. The van der Waals surface area contributed by atoms with E-state index in [9.17, 15) is 0 Å². The quantitative estimate of drug-likeness (QED) is 0.752. The van der Waals surface area contributed by atoms with E-state index in [0.717, 1.165) is 31.9 Å². The van der Waals surface area contributed by atoms with Crippen molar-refractivity contribution < 1.29 is 4.74 Å². The lowest BCUT2D eigenvalue weighted by Gasteiger charge is -2.26. The van der Waals surface area contributed by atoms with Crippen LogP contribution in [0.4, 0.5) is 0 Å². The first-order valence-corrected chi connectivity index (χ1v) is 8.39. The number of hydrogen-bond acceptors (Lipinski definition) is 3. The molecule has 0 saturated carbocycles. The number of nitrogens with one attached hydrogen (secondary N) is 1. The molecule has 2 aromatic carbocycles. The second kappa shape index (κ2) is 8.19. The highest BCUT2D eigenvalue weighted by atomic mass is 35.5. The number of aromatic nitrogens is 2. The third-order valence-corrected chi connectivity index (χ3v) is 4.39. The fourth-order valence-corrected chi connectivity index (χ4v) is 3.15. The molecule has 25 heavy (non-hydrogen) atoms. The monoisotopic (exact) mass is 355 g/mol. The highest BCUT2D eigenvalue weighted by Crippen LogP contribution is 2.31. The van der Waals surface area contributed by atoms with Crippen molar-refractivity contribution in [1.29, 1.82) is 0 Å². The van der Waals surface area contributed by atoms with E-state index in [2.05, 4.69) is 53.0 Å². The Kier molecular flexibility index (Phi) is 5.74. The van der Waals surface area contributed by atoms with Gasteiger partial charge in [0.05, 0.1) is 19.3 Å². The molecule has 3 aromatic rings. The fourth-order valence-electron chi connectivity index (χ4n) is 3.15. The normalized spacial score (nSPS) is 15.8. The molecule has 0 amide bonds. The third-order valence-electron chi connectivity index (χ3n) is 4.39. The van der Waals surface area contributed by atoms with Crippen LogP contribution in [0.3, 0.4) is 0 Å². The summed E-state index contributed by atoms with van der Waals surface area (Å²) in [6.07, 6.45) is 5.06. The lowest BCUT2D eigenvalue weighted by molar-refractivity contribution is 0.252. The Hall–Kier alpha value is -2.30. The summed E-state index contributed by atoms with van der Waals surface area (Å²) in [4.78, 5) is 0. The molecule has 1 unspecified atom stereocenters. The molecule has 2 heterocycles. The van der Waals surface area contributed by atoms with Gasteiger partial charge in [0, 0.05) is 36.3 Å². The maximum Gasteiger partial charge on any atom is 0.124 e. The molecule has 4 rings (SSSR count). The molecule has 0 fully saturated rings. The number of benzene rings is 2. The average Bonchev–Trinajstić information content (AvgIpc) is 3.08. The molecular formula is C20H22ClN3O. The first kappa shape index (κ1) is 17.5. The van der Waals surface area contributed by atoms with Crippen molar-refractivity contribution in [1.82, 2.24) is 15.1 Å². The van der Waals surface area contributed by atoms with Crippen LogP contribution in [-0.4, -0.2) is 16.4 Å². The van der Waals surface area contributed by atoms with Gasteiger partial charge in [-0.15, -0.1) is 12.4 Å². The van der Waals surface area contributed by atoms with Crippen molar-refractivity contribution in [3.05, 3.63) is 83.7 Å². The van der Waals surface area contributed by atoms with Gasteiger partial charge >= 0.3 is 0 Å². The number of hydrogen-bond donors (Lipinski definition) is 1. The number of para-hydroxylation sites is 1. The first-order valence-electron chi connectivity index (χ1n) is 8.39. The molecule has 1 atom stereocenters. The lowest BCUT2D eigenvalue weighted by atomic mass is 10.0. The Morgan fingerprint density at radius 1 is 1.04 bits per heavy atom. The summed E-state index contributed by atoms with van der Waals surface area (Å²) in [7, 11) is 0. The van der Waals surface area contributed by atoms with Crippen molar-refractivity contribution >= 4 is 12.4 Å². The maximum atomic E-state index is 5.72. The minimum Gasteiger partial charge on any atom is -0.493 e. The van der Waals surface area contributed by atoms with Crippen LogP contribution in [0, 0.1) is 0 Å². The van der Waals surface area contributed by atoms with Crippen LogP contribution < -0.4 is 10.1 Å². The zero-order valence-corrected chi connectivity index (χ0v) is 14.8. The molecule has 1 aromatic heterocycles. The van der Waals surface area contributed by atoms with Gasteiger partial charge in [-0.05, 0) is 11.6 Å². The fraction of sp³-hybridized carbons (Fsp3) is 0.250. The van der Waals surface area contributed by atoms with Gasteiger partial charge in [-0.1, -0.05) is 48.5 Å². The van der Waals surface area contributed by atoms with Crippen molar-refractivity contribution in [2.24, 2.45) is 0 Å². The average molecular weight is 356 g/mol. The maximum absolute atomic E-state index is 5.72. The van der Waals surface area contributed by atoms with E-state index in [-0.39, 0.29) is 12.4 Å². The van der Waals surface area contributed by atoms with Gasteiger partial charge in [0.25, 0.3) is 0 Å². The number of nitrogens with zero attached hydrogens (tertiary/aromatic N) is 2. The molecule has 1 N–H and O–H groups in total. The van der Waals surface area contributed by atoms with Gasteiger partial charge in [0.1, 0.15) is 5.75 Å². The minimum atomic E-state index is 0. The van der Waals surface area contributed by atoms with E-state index >= 15 is 0 Å². The van der Waals surface area contributed by atoms with Crippen molar-refractivity contribution in [3.63, 3.8) is 0 Å². The Balaban J connectivity index is 0.00000182. The van der Waals surface area contributed by atoms with E-state index in [0.29, 0.717) is 6.04 Å². The molecule has 0 spiro atoms. The van der Waals surface area contributed by atoms with Crippen LogP contribution >= 0.6 is 12.4 Å². The Morgan fingerprint density at radius 2 is 1.84 bits per heavy atom. The second-order valence-electron chi connectivity index (χ2n) is 6.14. The highest BCUT2D eigenvalue weighted by Gasteiger charge is 2.20. The summed E-state index contributed by atoms with van der Waals surface area (Å²) in [6.45, 7) is 2.39. The van der Waals surface area contributed by atoms with Gasteiger partial charge < -0.3 is 10.1 Å². The zero-order chi connectivity index (χ0) is 16.2. The molecule has 5 heteroatoms. The van der Waals surface area contributed by atoms with Gasteiger partial charge in [-0.3, -0.25) is 4.68 Å². The van der Waals surface area contributed by atoms with E-state index in [1.165, 1.54) is 16.7 Å². The Morgan fingerprint density at radius 3 is 2.72 bits per heavy atom.